The van der Waals surface area contributed by atoms with Gasteiger partial charge in [-0.05, 0) is 79.3 Å². The van der Waals surface area contributed by atoms with Crippen LogP contribution in [0.4, 0.5) is 36.4 Å². The van der Waals surface area contributed by atoms with Gasteiger partial charge >= 0.3 is 5.97 Å². The van der Waals surface area contributed by atoms with E-state index in [1.807, 2.05) is 12.1 Å². The molecule has 0 aliphatic heterocycles. The Bertz CT molecular complexity index is 2170. The molecule has 2 saturated carbocycles. The Morgan fingerprint density at radius 3 is 1.92 bits per heavy atom. The fraction of sp³-hybridized carbons (Fsp3) is 0.297. The third kappa shape index (κ3) is 8.03. The van der Waals surface area contributed by atoms with Gasteiger partial charge in [-0.2, -0.15) is 4.31 Å². The van der Waals surface area contributed by atoms with Gasteiger partial charge in [-0.15, -0.1) is 0 Å². The number of hydrogen-bond acceptors (Lipinski definition) is 5. The number of halogens is 7. The lowest BCUT2D eigenvalue weighted by Crippen LogP contribution is -2.43. The predicted octanol–water partition coefficient (Wildman–Crippen LogP) is 7.94. The van der Waals surface area contributed by atoms with Crippen molar-refractivity contribution < 1.29 is 58.6 Å². The van der Waals surface area contributed by atoms with Crippen LogP contribution in [-0.4, -0.2) is 42.9 Å². The van der Waals surface area contributed by atoms with E-state index in [1.54, 1.807) is 6.92 Å². The molecule has 0 aromatic heterocycles. The largest absolute Gasteiger partial charge is 0.492 e. The molecule has 1 N–H and O–H groups in total. The zero-order chi connectivity index (χ0) is 38.4. The second-order valence-electron chi connectivity index (χ2n) is 12.9. The summed E-state index contributed by atoms with van der Waals surface area (Å²) in [4.78, 5) is 25.5. The molecule has 0 unspecified atom stereocenters. The number of rotatable bonds is 14. The van der Waals surface area contributed by atoms with Crippen molar-refractivity contribution in [3.8, 4) is 5.75 Å². The monoisotopic (exact) mass is 764 g/mol. The van der Waals surface area contributed by atoms with E-state index in [4.69, 9.17) is 4.74 Å². The number of carbonyl (C=O) groups excluding carboxylic acids is 1. The summed E-state index contributed by atoms with van der Waals surface area (Å²) in [5.74, 6) is -15.9. The fourth-order valence-corrected chi connectivity index (χ4v) is 7.44. The SMILES string of the molecule is CCOc1cc(C(=O)O)ccc1N(Cc1cc(C2CC2)cc(C2CC2)c1)C(=O)CN(Cc1c(F)cc(F)cc1F)S(=O)(=O)c1cc(F)c(F)c(F)c1F. The normalized spacial score (nSPS) is 14.4. The van der Waals surface area contributed by atoms with E-state index in [0.29, 0.717) is 5.56 Å². The van der Waals surface area contributed by atoms with Crippen LogP contribution in [0.25, 0.3) is 0 Å². The average Bonchev–Trinajstić information content (AvgIpc) is 4.03. The first kappa shape index (κ1) is 37.8. The van der Waals surface area contributed by atoms with E-state index in [-0.39, 0.29) is 64.5 Å². The summed E-state index contributed by atoms with van der Waals surface area (Å²) in [7, 11) is -5.65. The van der Waals surface area contributed by atoms with Crippen molar-refractivity contribution in [3.05, 3.63) is 123 Å². The highest BCUT2D eigenvalue weighted by Gasteiger charge is 2.37. The van der Waals surface area contributed by atoms with Gasteiger partial charge in [0.15, 0.2) is 23.3 Å². The smallest absolute Gasteiger partial charge is 0.335 e. The van der Waals surface area contributed by atoms with Crippen molar-refractivity contribution in [1.82, 2.24) is 4.31 Å². The number of aromatic carboxylic acids is 1. The van der Waals surface area contributed by atoms with Crippen molar-refractivity contribution in [2.45, 2.75) is 62.4 Å². The molecule has 2 aliphatic rings. The maximum absolute atomic E-state index is 15.0. The number of anilines is 1. The van der Waals surface area contributed by atoms with Crippen molar-refractivity contribution in [3.63, 3.8) is 0 Å². The van der Waals surface area contributed by atoms with Crippen molar-refractivity contribution in [2.24, 2.45) is 0 Å². The van der Waals surface area contributed by atoms with Crippen LogP contribution in [0.15, 0.2) is 59.5 Å². The third-order valence-electron chi connectivity index (χ3n) is 9.01. The number of nitrogens with zero attached hydrogens (tertiary/aromatic N) is 2. The van der Waals surface area contributed by atoms with Crippen LogP contribution in [0.2, 0.25) is 0 Å². The van der Waals surface area contributed by atoms with Gasteiger partial charge in [0.1, 0.15) is 28.1 Å². The third-order valence-corrected chi connectivity index (χ3v) is 10.8. The molecule has 0 heterocycles. The second kappa shape index (κ2) is 14.8. The van der Waals surface area contributed by atoms with Gasteiger partial charge in [0, 0.05) is 30.3 Å². The lowest BCUT2D eigenvalue weighted by atomic mass is 9.99. The second-order valence-corrected chi connectivity index (χ2v) is 14.8. The molecule has 2 aliphatic carbocycles. The molecule has 4 aromatic carbocycles. The molecule has 8 nitrogen and oxygen atoms in total. The Labute approximate surface area is 299 Å². The van der Waals surface area contributed by atoms with Gasteiger partial charge in [-0.3, -0.25) is 4.79 Å². The molecule has 1 amide bonds. The zero-order valence-corrected chi connectivity index (χ0v) is 28.8. The number of carboxylic acid groups (broad SMARTS) is 1. The zero-order valence-electron chi connectivity index (χ0n) is 27.9. The maximum atomic E-state index is 15.0. The van der Waals surface area contributed by atoms with Crippen LogP contribution in [0.5, 0.6) is 5.75 Å². The van der Waals surface area contributed by atoms with Crippen LogP contribution in [-0.2, 0) is 27.9 Å². The molecule has 280 valence electrons. The summed E-state index contributed by atoms with van der Waals surface area (Å²) in [5, 5.41) is 9.62. The quantitative estimate of drug-likeness (QED) is 0.0795. The molecule has 2 fully saturated rings. The molecule has 0 spiro atoms. The predicted molar refractivity (Wildman–Crippen MR) is 176 cm³/mol. The molecule has 0 saturated heterocycles. The van der Waals surface area contributed by atoms with Crippen molar-refractivity contribution in [1.29, 1.82) is 0 Å². The first-order valence-corrected chi connectivity index (χ1v) is 17.9. The molecule has 53 heavy (non-hydrogen) atoms. The lowest BCUT2D eigenvalue weighted by molar-refractivity contribution is -0.119. The van der Waals surface area contributed by atoms with Crippen LogP contribution in [0.1, 0.15) is 77.1 Å². The number of amides is 1. The van der Waals surface area contributed by atoms with Crippen LogP contribution >= 0.6 is 0 Å². The highest BCUT2D eigenvalue weighted by Crippen LogP contribution is 2.46. The molecule has 16 heteroatoms. The Balaban J connectivity index is 1.48. The molecule has 0 radical (unpaired) electrons. The molecule has 0 bridgehead atoms. The standard InChI is InChI=1S/C37H31F7N2O6S/c1-2-52-31-12-22(37(48)49)7-8-30(31)46(16-19-9-23(20-3-4-20)11-24(10-19)21-5-6-21)33(47)18-45(17-26-27(39)13-25(38)14-28(26)40)53(50,51)32-15-29(41)34(42)36(44)35(32)43/h7-15,20-21H,2-6,16-18H2,1H3,(H,48,49). The first-order chi connectivity index (χ1) is 25.1. The molecular weight excluding hydrogens is 733 g/mol. The summed E-state index contributed by atoms with van der Waals surface area (Å²) in [6.07, 6.45) is 3.80. The number of ether oxygens (including phenoxy) is 1. The van der Waals surface area contributed by atoms with Gasteiger partial charge in [0.25, 0.3) is 0 Å². The lowest BCUT2D eigenvalue weighted by Gasteiger charge is -2.29. The van der Waals surface area contributed by atoms with E-state index < -0.39 is 86.2 Å². The van der Waals surface area contributed by atoms with E-state index in [0.717, 1.165) is 53.8 Å². The molecule has 0 atom stereocenters. The molecule has 4 aromatic rings. The number of hydrogen-bond donors (Lipinski definition) is 1. The summed E-state index contributed by atoms with van der Waals surface area (Å²) >= 11 is 0. The van der Waals surface area contributed by atoms with Gasteiger partial charge < -0.3 is 14.7 Å². The topological polar surface area (TPSA) is 104 Å². The van der Waals surface area contributed by atoms with Crippen molar-refractivity contribution >= 4 is 27.6 Å². The van der Waals surface area contributed by atoms with Crippen LogP contribution in [0, 0.1) is 40.7 Å². The Morgan fingerprint density at radius 1 is 0.774 bits per heavy atom. The minimum absolute atomic E-state index is 0.00824. The summed E-state index contributed by atoms with van der Waals surface area (Å²) in [6.45, 7) is -1.49. The number of carboxylic acids is 1. The molecular formula is C37H31F7N2O6S. The highest BCUT2D eigenvalue weighted by molar-refractivity contribution is 7.89. The van der Waals surface area contributed by atoms with E-state index in [1.165, 1.54) is 6.07 Å². The summed E-state index contributed by atoms with van der Waals surface area (Å²) < 4.78 is 135. The first-order valence-electron chi connectivity index (χ1n) is 16.5. The average molecular weight is 765 g/mol. The van der Waals surface area contributed by atoms with Gasteiger partial charge in [-0.25, -0.2) is 43.9 Å². The molecule has 6 rings (SSSR count). The minimum atomic E-state index is -5.65. The minimum Gasteiger partial charge on any atom is -0.492 e. The van der Waals surface area contributed by atoms with Gasteiger partial charge in [0.05, 0.1) is 30.9 Å². The van der Waals surface area contributed by atoms with E-state index in [9.17, 15) is 49.5 Å². The number of carbonyl (C=O) groups is 2. The number of sulfonamides is 1. The van der Waals surface area contributed by atoms with E-state index in [2.05, 4.69) is 6.07 Å². The Morgan fingerprint density at radius 2 is 1.38 bits per heavy atom. The summed E-state index contributed by atoms with van der Waals surface area (Å²) in [5.41, 5.74) is 1.25. The van der Waals surface area contributed by atoms with Gasteiger partial charge in [0.2, 0.25) is 15.9 Å². The Hall–Kier alpha value is -4.96. The van der Waals surface area contributed by atoms with Gasteiger partial charge in [-0.1, -0.05) is 18.2 Å². The van der Waals surface area contributed by atoms with Crippen molar-refractivity contribution in [2.75, 3.05) is 18.1 Å². The van der Waals surface area contributed by atoms with Crippen LogP contribution in [0.3, 0.4) is 0 Å². The van der Waals surface area contributed by atoms with Crippen LogP contribution < -0.4 is 9.64 Å². The number of benzene rings is 4. The highest BCUT2D eigenvalue weighted by atomic mass is 32.2. The fourth-order valence-electron chi connectivity index (χ4n) is 6.01. The van der Waals surface area contributed by atoms with E-state index >= 15 is 4.39 Å². The summed E-state index contributed by atoms with van der Waals surface area (Å²) in [6, 6.07) is 9.62. The Kier molecular flexibility index (Phi) is 10.6. The maximum Gasteiger partial charge on any atom is 0.335 e.